The Bertz CT molecular complexity index is 692. The molecule has 5 nitrogen and oxygen atoms in total. The van der Waals surface area contributed by atoms with Crippen molar-refractivity contribution in [2.45, 2.75) is 25.9 Å². The Hall–Kier alpha value is -2.60. The number of anilines is 1. The normalized spacial score (nSPS) is 11.7. The molecule has 2 aromatic carbocycles. The monoisotopic (exact) mass is 360 g/mol. The highest BCUT2D eigenvalue weighted by Gasteiger charge is 2.13. The summed E-state index contributed by atoms with van der Waals surface area (Å²) >= 11 is 0. The van der Waals surface area contributed by atoms with Gasteiger partial charge in [0.1, 0.15) is 11.6 Å². The standard InChI is InChI=1S/C20H25FN2O3/c1-3-4-12-26-18-10-8-17(9-11-18)23-20(24)22-14-19(25-2)15-6-5-7-16(21)13-15/h5-11,13,19H,3-4,12,14H2,1-2H3,(H2,22,23,24)/t19-/m0/s1. The predicted molar refractivity (Wildman–Crippen MR) is 100 cm³/mol. The van der Waals surface area contributed by atoms with Gasteiger partial charge in [0.15, 0.2) is 0 Å². The van der Waals surface area contributed by atoms with E-state index in [1.54, 1.807) is 24.3 Å². The van der Waals surface area contributed by atoms with Gasteiger partial charge in [-0.15, -0.1) is 0 Å². The molecule has 0 spiro atoms. The van der Waals surface area contributed by atoms with Gasteiger partial charge in [-0.2, -0.15) is 0 Å². The van der Waals surface area contributed by atoms with Crippen LogP contribution < -0.4 is 15.4 Å². The highest BCUT2D eigenvalue weighted by atomic mass is 19.1. The zero-order valence-electron chi connectivity index (χ0n) is 15.1. The quantitative estimate of drug-likeness (QED) is 0.647. The van der Waals surface area contributed by atoms with Gasteiger partial charge in [0.25, 0.3) is 0 Å². The molecule has 0 saturated heterocycles. The van der Waals surface area contributed by atoms with Gasteiger partial charge in [-0.3, -0.25) is 0 Å². The van der Waals surface area contributed by atoms with Gasteiger partial charge in [0.05, 0.1) is 12.7 Å². The second-order valence-corrected chi connectivity index (χ2v) is 5.84. The van der Waals surface area contributed by atoms with Crippen LogP contribution in [0.4, 0.5) is 14.9 Å². The van der Waals surface area contributed by atoms with Gasteiger partial charge >= 0.3 is 6.03 Å². The van der Waals surface area contributed by atoms with E-state index < -0.39 is 6.10 Å². The molecule has 2 N–H and O–H groups in total. The topological polar surface area (TPSA) is 59.6 Å². The van der Waals surface area contributed by atoms with Gasteiger partial charge in [-0.25, -0.2) is 9.18 Å². The number of urea groups is 1. The van der Waals surface area contributed by atoms with E-state index in [9.17, 15) is 9.18 Å². The van der Waals surface area contributed by atoms with Crippen molar-refractivity contribution in [2.24, 2.45) is 0 Å². The van der Waals surface area contributed by atoms with Crippen molar-refractivity contribution in [1.82, 2.24) is 5.32 Å². The van der Waals surface area contributed by atoms with Crippen LogP contribution in [0.5, 0.6) is 5.75 Å². The van der Waals surface area contributed by atoms with E-state index in [2.05, 4.69) is 17.6 Å². The maximum absolute atomic E-state index is 13.3. The predicted octanol–water partition coefficient (Wildman–Crippen LogP) is 4.51. The molecular weight excluding hydrogens is 335 g/mol. The van der Waals surface area contributed by atoms with Crippen LogP contribution in [0.25, 0.3) is 0 Å². The van der Waals surface area contributed by atoms with E-state index in [1.165, 1.54) is 19.2 Å². The molecule has 6 heteroatoms. The van der Waals surface area contributed by atoms with Gasteiger partial charge in [-0.05, 0) is 48.4 Å². The number of amides is 2. The molecule has 0 bridgehead atoms. The van der Waals surface area contributed by atoms with Gasteiger partial charge in [0.2, 0.25) is 0 Å². The lowest BCUT2D eigenvalue weighted by atomic mass is 10.1. The molecule has 0 aliphatic carbocycles. The summed E-state index contributed by atoms with van der Waals surface area (Å²) in [6.07, 6.45) is 1.66. The largest absolute Gasteiger partial charge is 0.494 e. The molecule has 0 saturated carbocycles. The minimum absolute atomic E-state index is 0.226. The number of carbonyl (C=O) groups is 1. The summed E-state index contributed by atoms with van der Waals surface area (Å²) in [5, 5.41) is 5.47. The zero-order valence-corrected chi connectivity index (χ0v) is 15.1. The Morgan fingerprint density at radius 1 is 1.19 bits per heavy atom. The Morgan fingerprint density at radius 3 is 2.62 bits per heavy atom. The van der Waals surface area contributed by atoms with Crippen molar-refractivity contribution in [3.05, 3.63) is 59.9 Å². The maximum Gasteiger partial charge on any atom is 0.319 e. The van der Waals surface area contributed by atoms with Crippen molar-refractivity contribution in [3.63, 3.8) is 0 Å². The highest BCUT2D eigenvalue weighted by molar-refractivity contribution is 5.89. The molecule has 26 heavy (non-hydrogen) atoms. The molecule has 0 unspecified atom stereocenters. The van der Waals surface area contributed by atoms with Gasteiger partial charge in [0, 0.05) is 19.3 Å². The minimum Gasteiger partial charge on any atom is -0.494 e. The molecule has 0 aliphatic rings. The van der Waals surface area contributed by atoms with Crippen LogP contribution in [0, 0.1) is 5.82 Å². The first-order chi connectivity index (χ1) is 12.6. The number of methoxy groups -OCH3 is 1. The Labute approximate surface area is 153 Å². The number of nitrogens with one attached hydrogen (secondary N) is 2. The summed E-state index contributed by atoms with van der Waals surface area (Å²) in [6.45, 7) is 3.02. The average molecular weight is 360 g/mol. The zero-order chi connectivity index (χ0) is 18.8. The first kappa shape index (κ1) is 19.7. The van der Waals surface area contributed by atoms with Gasteiger partial charge in [-0.1, -0.05) is 25.5 Å². The number of carbonyl (C=O) groups excluding carboxylic acids is 1. The highest BCUT2D eigenvalue weighted by Crippen LogP contribution is 2.18. The Balaban J connectivity index is 1.82. The van der Waals surface area contributed by atoms with Crippen molar-refractivity contribution in [3.8, 4) is 5.75 Å². The lowest BCUT2D eigenvalue weighted by Gasteiger charge is -2.17. The van der Waals surface area contributed by atoms with E-state index in [-0.39, 0.29) is 18.4 Å². The number of halogens is 1. The fourth-order valence-corrected chi connectivity index (χ4v) is 2.37. The molecule has 2 aromatic rings. The molecule has 2 amide bonds. The molecule has 0 aliphatic heterocycles. The average Bonchev–Trinajstić information content (AvgIpc) is 2.64. The number of hydrogen-bond donors (Lipinski definition) is 2. The maximum atomic E-state index is 13.3. The molecule has 0 aromatic heterocycles. The van der Waals surface area contributed by atoms with Crippen molar-refractivity contribution < 1.29 is 18.7 Å². The summed E-state index contributed by atoms with van der Waals surface area (Å²) < 4.78 is 24.2. The summed E-state index contributed by atoms with van der Waals surface area (Å²) in [7, 11) is 1.52. The van der Waals surface area contributed by atoms with E-state index in [4.69, 9.17) is 9.47 Å². The van der Waals surface area contributed by atoms with Crippen LogP contribution in [-0.2, 0) is 4.74 Å². The minimum atomic E-state index is -0.425. The SMILES string of the molecule is CCCCOc1ccc(NC(=O)NC[C@H](OC)c2cccc(F)c2)cc1. The summed E-state index contributed by atoms with van der Waals surface area (Å²) in [6, 6.07) is 13.0. The van der Waals surface area contributed by atoms with Crippen LogP contribution in [0.3, 0.4) is 0 Å². The summed E-state index contributed by atoms with van der Waals surface area (Å²) in [5.41, 5.74) is 1.33. The van der Waals surface area contributed by atoms with Gasteiger partial charge < -0.3 is 20.1 Å². The van der Waals surface area contributed by atoms with E-state index in [1.807, 2.05) is 12.1 Å². The molecule has 2 rings (SSSR count). The third-order valence-electron chi connectivity index (χ3n) is 3.83. The number of benzene rings is 2. The summed E-state index contributed by atoms with van der Waals surface area (Å²) in [5.74, 6) is 0.435. The van der Waals surface area contributed by atoms with Crippen molar-refractivity contribution in [1.29, 1.82) is 0 Å². The van der Waals surface area contributed by atoms with Crippen LogP contribution in [-0.4, -0.2) is 26.3 Å². The van der Waals surface area contributed by atoms with Crippen LogP contribution >= 0.6 is 0 Å². The second-order valence-electron chi connectivity index (χ2n) is 5.84. The molecule has 1 atom stereocenters. The molecule has 140 valence electrons. The second kappa shape index (κ2) is 10.4. The third-order valence-corrected chi connectivity index (χ3v) is 3.83. The molecule has 0 radical (unpaired) electrons. The van der Waals surface area contributed by atoms with E-state index in [0.717, 1.165) is 18.6 Å². The first-order valence-electron chi connectivity index (χ1n) is 8.68. The Kier molecular flexibility index (Phi) is 7.89. The van der Waals surface area contributed by atoms with E-state index >= 15 is 0 Å². The fraction of sp³-hybridized carbons (Fsp3) is 0.350. The molecule has 0 heterocycles. The molecular formula is C20H25FN2O3. The lowest BCUT2D eigenvalue weighted by molar-refractivity contribution is 0.104. The fourth-order valence-electron chi connectivity index (χ4n) is 2.37. The van der Waals surface area contributed by atoms with E-state index in [0.29, 0.717) is 17.9 Å². The number of rotatable bonds is 9. The number of hydrogen-bond acceptors (Lipinski definition) is 3. The Morgan fingerprint density at radius 2 is 1.96 bits per heavy atom. The van der Waals surface area contributed by atoms with Crippen LogP contribution in [0.2, 0.25) is 0 Å². The number of ether oxygens (including phenoxy) is 2. The smallest absolute Gasteiger partial charge is 0.319 e. The van der Waals surface area contributed by atoms with Crippen molar-refractivity contribution in [2.75, 3.05) is 25.6 Å². The summed E-state index contributed by atoms with van der Waals surface area (Å²) in [4.78, 5) is 12.0. The third kappa shape index (κ3) is 6.37. The van der Waals surface area contributed by atoms with Crippen LogP contribution in [0.15, 0.2) is 48.5 Å². The first-order valence-corrected chi connectivity index (χ1v) is 8.68. The van der Waals surface area contributed by atoms with Crippen molar-refractivity contribution >= 4 is 11.7 Å². The number of unbranched alkanes of at least 4 members (excludes halogenated alkanes) is 1. The lowest BCUT2D eigenvalue weighted by Crippen LogP contribution is -2.32. The van der Waals surface area contributed by atoms with Crippen LogP contribution in [0.1, 0.15) is 31.4 Å². The molecule has 0 fully saturated rings.